The molecular formula is C8H13N3. The van der Waals surface area contributed by atoms with E-state index in [1.807, 2.05) is 13.0 Å². The van der Waals surface area contributed by atoms with Crippen molar-refractivity contribution < 1.29 is 0 Å². The lowest BCUT2D eigenvalue weighted by atomic mass is 10.1. The number of rotatable bonds is 2. The monoisotopic (exact) mass is 151 g/mol. The van der Waals surface area contributed by atoms with Gasteiger partial charge in [0.1, 0.15) is 0 Å². The van der Waals surface area contributed by atoms with Crippen molar-refractivity contribution in [2.45, 2.75) is 13.0 Å². The number of aryl methyl sites for hydroxylation is 1. The van der Waals surface area contributed by atoms with E-state index < -0.39 is 0 Å². The van der Waals surface area contributed by atoms with E-state index >= 15 is 0 Å². The Morgan fingerprint density at radius 3 is 2.91 bits per heavy atom. The fraction of sp³-hybridized carbons (Fsp3) is 0.375. The van der Waals surface area contributed by atoms with Gasteiger partial charge in [-0.2, -0.15) is 0 Å². The Kier molecular flexibility index (Phi) is 2.57. The Morgan fingerprint density at radius 2 is 2.36 bits per heavy atom. The molecule has 1 aromatic rings. The van der Waals surface area contributed by atoms with Crippen LogP contribution in [0.5, 0.6) is 0 Å². The van der Waals surface area contributed by atoms with Crippen LogP contribution in [0, 0.1) is 6.92 Å². The van der Waals surface area contributed by atoms with E-state index in [-0.39, 0.29) is 6.04 Å². The molecule has 1 heterocycles. The van der Waals surface area contributed by atoms with E-state index in [1.54, 1.807) is 12.4 Å². The number of nitrogens with zero attached hydrogens (tertiary/aromatic N) is 1. The molecule has 3 nitrogen and oxygen atoms in total. The van der Waals surface area contributed by atoms with Gasteiger partial charge in [0.15, 0.2) is 0 Å². The van der Waals surface area contributed by atoms with Crippen LogP contribution in [0.1, 0.15) is 17.2 Å². The minimum absolute atomic E-state index is 0.0799. The number of pyridine rings is 1. The summed E-state index contributed by atoms with van der Waals surface area (Å²) in [6, 6.07) is 1.86. The van der Waals surface area contributed by atoms with Crippen LogP contribution in [0.3, 0.4) is 0 Å². The Balaban J connectivity index is 2.93. The van der Waals surface area contributed by atoms with Crippen LogP contribution in [0.4, 0.5) is 0 Å². The van der Waals surface area contributed by atoms with Gasteiger partial charge in [0.05, 0.1) is 0 Å². The number of hydrogen-bond acceptors (Lipinski definition) is 3. The van der Waals surface area contributed by atoms with Gasteiger partial charge in [-0.1, -0.05) is 0 Å². The predicted octanol–water partition coefficient (Wildman–Crippen LogP) is 0.349. The lowest BCUT2D eigenvalue weighted by molar-refractivity contribution is 0.727. The van der Waals surface area contributed by atoms with E-state index in [0.29, 0.717) is 6.54 Å². The largest absolute Gasteiger partial charge is 0.329 e. The second-order valence-corrected chi connectivity index (χ2v) is 2.57. The second-order valence-electron chi connectivity index (χ2n) is 2.57. The van der Waals surface area contributed by atoms with Gasteiger partial charge in [0, 0.05) is 25.0 Å². The van der Waals surface area contributed by atoms with Gasteiger partial charge < -0.3 is 11.5 Å². The molecule has 11 heavy (non-hydrogen) atoms. The quantitative estimate of drug-likeness (QED) is 0.641. The van der Waals surface area contributed by atoms with Crippen molar-refractivity contribution in [1.29, 1.82) is 0 Å². The van der Waals surface area contributed by atoms with E-state index in [4.69, 9.17) is 11.5 Å². The molecule has 1 aromatic heterocycles. The number of aromatic nitrogens is 1. The topological polar surface area (TPSA) is 64.9 Å². The van der Waals surface area contributed by atoms with Crippen LogP contribution in [0.15, 0.2) is 18.5 Å². The third kappa shape index (κ3) is 1.76. The van der Waals surface area contributed by atoms with Crippen LogP contribution in [0.25, 0.3) is 0 Å². The third-order valence-electron chi connectivity index (χ3n) is 1.73. The SMILES string of the molecule is Cc1ccncc1[C@H](N)CN. The molecule has 4 N–H and O–H groups in total. The number of hydrogen-bond donors (Lipinski definition) is 2. The summed E-state index contributed by atoms with van der Waals surface area (Å²) in [7, 11) is 0. The summed E-state index contributed by atoms with van der Waals surface area (Å²) in [5.41, 5.74) is 13.3. The first kappa shape index (κ1) is 8.17. The zero-order valence-corrected chi connectivity index (χ0v) is 6.62. The molecule has 0 aromatic carbocycles. The van der Waals surface area contributed by atoms with Crippen LogP contribution in [-0.4, -0.2) is 11.5 Å². The van der Waals surface area contributed by atoms with Crippen molar-refractivity contribution in [3.05, 3.63) is 29.6 Å². The second kappa shape index (κ2) is 3.46. The van der Waals surface area contributed by atoms with E-state index in [9.17, 15) is 0 Å². The van der Waals surface area contributed by atoms with Gasteiger partial charge in [0.25, 0.3) is 0 Å². The summed E-state index contributed by atoms with van der Waals surface area (Å²) in [6.07, 6.45) is 3.52. The minimum atomic E-state index is -0.0799. The smallest absolute Gasteiger partial charge is 0.0437 e. The maximum absolute atomic E-state index is 5.73. The summed E-state index contributed by atoms with van der Waals surface area (Å²) in [5.74, 6) is 0. The van der Waals surface area contributed by atoms with Crippen LogP contribution in [-0.2, 0) is 0 Å². The lowest BCUT2D eigenvalue weighted by Gasteiger charge is -2.10. The van der Waals surface area contributed by atoms with Crippen LogP contribution >= 0.6 is 0 Å². The highest BCUT2D eigenvalue weighted by molar-refractivity contribution is 5.24. The molecule has 1 atom stereocenters. The number of nitrogens with two attached hydrogens (primary N) is 2. The zero-order chi connectivity index (χ0) is 8.27. The lowest BCUT2D eigenvalue weighted by Crippen LogP contribution is -2.21. The molecule has 0 spiro atoms. The van der Waals surface area contributed by atoms with Gasteiger partial charge in [-0.15, -0.1) is 0 Å². The first-order chi connectivity index (χ1) is 5.25. The molecule has 0 saturated heterocycles. The summed E-state index contributed by atoms with van der Waals surface area (Å²) in [6.45, 7) is 2.47. The summed E-state index contributed by atoms with van der Waals surface area (Å²) < 4.78 is 0. The third-order valence-corrected chi connectivity index (χ3v) is 1.73. The summed E-state index contributed by atoms with van der Waals surface area (Å²) >= 11 is 0. The van der Waals surface area contributed by atoms with Crippen molar-refractivity contribution in [2.24, 2.45) is 11.5 Å². The van der Waals surface area contributed by atoms with Crippen molar-refractivity contribution >= 4 is 0 Å². The van der Waals surface area contributed by atoms with Crippen molar-refractivity contribution in [3.63, 3.8) is 0 Å². The average molecular weight is 151 g/mol. The van der Waals surface area contributed by atoms with E-state index in [0.717, 1.165) is 11.1 Å². The molecule has 0 amide bonds. The van der Waals surface area contributed by atoms with Crippen molar-refractivity contribution in [2.75, 3.05) is 6.54 Å². The summed E-state index contributed by atoms with van der Waals surface area (Å²) in [5, 5.41) is 0. The molecule has 0 aliphatic carbocycles. The molecule has 1 rings (SSSR count). The fourth-order valence-electron chi connectivity index (χ4n) is 0.991. The van der Waals surface area contributed by atoms with Crippen LogP contribution in [0.2, 0.25) is 0 Å². The zero-order valence-electron chi connectivity index (χ0n) is 6.62. The molecule has 60 valence electrons. The molecule has 0 bridgehead atoms. The molecule has 3 heteroatoms. The van der Waals surface area contributed by atoms with Gasteiger partial charge in [0.2, 0.25) is 0 Å². The highest BCUT2D eigenvalue weighted by Gasteiger charge is 2.05. The molecule has 0 aliphatic heterocycles. The highest BCUT2D eigenvalue weighted by atomic mass is 14.7. The normalized spacial score (nSPS) is 13.0. The molecule has 0 unspecified atom stereocenters. The van der Waals surface area contributed by atoms with Crippen LogP contribution < -0.4 is 11.5 Å². The minimum Gasteiger partial charge on any atom is -0.329 e. The Bertz CT molecular complexity index is 235. The maximum atomic E-state index is 5.73. The fourth-order valence-corrected chi connectivity index (χ4v) is 0.991. The average Bonchev–Trinajstić information content (AvgIpc) is 2.04. The van der Waals surface area contributed by atoms with E-state index in [1.165, 1.54) is 0 Å². The molecule has 0 fully saturated rings. The first-order valence-electron chi connectivity index (χ1n) is 3.62. The molecule has 0 saturated carbocycles. The van der Waals surface area contributed by atoms with Gasteiger partial charge in [-0.25, -0.2) is 0 Å². The van der Waals surface area contributed by atoms with Crippen molar-refractivity contribution in [1.82, 2.24) is 4.98 Å². The van der Waals surface area contributed by atoms with Gasteiger partial charge in [-0.3, -0.25) is 4.98 Å². The Hall–Kier alpha value is -0.930. The molecular weight excluding hydrogens is 138 g/mol. The molecule has 0 radical (unpaired) electrons. The Morgan fingerprint density at radius 1 is 1.64 bits per heavy atom. The first-order valence-corrected chi connectivity index (χ1v) is 3.62. The predicted molar refractivity (Wildman–Crippen MR) is 45.0 cm³/mol. The highest BCUT2D eigenvalue weighted by Crippen LogP contribution is 2.11. The van der Waals surface area contributed by atoms with E-state index in [2.05, 4.69) is 4.98 Å². The van der Waals surface area contributed by atoms with Crippen molar-refractivity contribution in [3.8, 4) is 0 Å². The Labute approximate surface area is 66.4 Å². The maximum Gasteiger partial charge on any atom is 0.0437 e. The summed E-state index contributed by atoms with van der Waals surface area (Å²) in [4.78, 5) is 3.98. The van der Waals surface area contributed by atoms with Gasteiger partial charge >= 0.3 is 0 Å². The van der Waals surface area contributed by atoms with Gasteiger partial charge in [-0.05, 0) is 24.1 Å². The standard InChI is InChI=1S/C8H13N3/c1-6-2-3-11-5-7(6)8(10)4-9/h2-3,5,8H,4,9-10H2,1H3/t8-/m1/s1. The molecule has 0 aliphatic rings.